The van der Waals surface area contributed by atoms with Crippen LogP contribution in [0.2, 0.25) is 5.15 Å². The Balaban J connectivity index is 1.46. The number of benzene rings is 1. The molecule has 1 N–H and O–H groups in total. The van der Waals surface area contributed by atoms with Crippen LogP contribution in [0, 0.1) is 13.8 Å². The summed E-state index contributed by atoms with van der Waals surface area (Å²) in [6.45, 7) is 8.27. The van der Waals surface area contributed by atoms with Gasteiger partial charge in [-0.2, -0.15) is 0 Å². The highest BCUT2D eigenvalue weighted by atomic mass is 35.5. The third-order valence-corrected chi connectivity index (χ3v) is 6.12. The van der Waals surface area contributed by atoms with Crippen molar-refractivity contribution in [2.75, 3.05) is 33.4 Å². The fourth-order valence-electron chi connectivity index (χ4n) is 3.87. The lowest BCUT2D eigenvalue weighted by Gasteiger charge is -2.33. The lowest BCUT2D eigenvalue weighted by atomic mass is 9.99. The van der Waals surface area contributed by atoms with Crippen molar-refractivity contribution in [2.45, 2.75) is 45.7 Å². The highest BCUT2D eigenvalue weighted by Crippen LogP contribution is 2.26. The molecular weight excluding hydrogens is 414 g/mol. The molecule has 1 aliphatic heterocycles. The minimum atomic E-state index is 0.0399. The van der Waals surface area contributed by atoms with Gasteiger partial charge in [-0.3, -0.25) is 9.69 Å². The van der Waals surface area contributed by atoms with Crippen LogP contribution in [-0.4, -0.2) is 55.2 Å². The number of aromatic nitrogens is 1. The van der Waals surface area contributed by atoms with Crippen LogP contribution in [0.3, 0.4) is 0 Å². The molecule has 168 valence electrons. The van der Waals surface area contributed by atoms with Crippen molar-refractivity contribution in [2.24, 2.45) is 0 Å². The Hall–Kier alpha value is -2.15. The largest absolute Gasteiger partial charge is 0.491 e. The maximum absolute atomic E-state index is 12.3. The topological polar surface area (TPSA) is 63.7 Å². The summed E-state index contributed by atoms with van der Waals surface area (Å²) < 4.78 is 10.9. The number of nitrogens with zero attached hydrogens (tertiary/aromatic N) is 2. The molecule has 0 bridgehead atoms. The van der Waals surface area contributed by atoms with Crippen molar-refractivity contribution in [1.82, 2.24) is 15.2 Å². The Kier molecular flexibility index (Phi) is 8.69. The predicted molar refractivity (Wildman–Crippen MR) is 123 cm³/mol. The summed E-state index contributed by atoms with van der Waals surface area (Å²) in [7, 11) is 1.68. The minimum Gasteiger partial charge on any atom is -0.491 e. The summed E-state index contributed by atoms with van der Waals surface area (Å²) in [6.07, 6.45) is 3.91. The molecule has 0 spiro atoms. The van der Waals surface area contributed by atoms with Crippen LogP contribution in [0.25, 0.3) is 0 Å². The molecule has 7 heteroatoms. The summed E-state index contributed by atoms with van der Waals surface area (Å²) in [4.78, 5) is 18.8. The average Bonchev–Trinajstić information content (AvgIpc) is 2.76. The van der Waals surface area contributed by atoms with Gasteiger partial charge >= 0.3 is 0 Å². The normalized spacial score (nSPS) is 15.1. The first-order valence-electron chi connectivity index (χ1n) is 10.8. The number of ether oxygens (including phenoxy) is 2. The number of rotatable bonds is 9. The van der Waals surface area contributed by atoms with E-state index in [4.69, 9.17) is 21.1 Å². The molecule has 3 rings (SSSR count). The number of carbonyl (C=O) groups is 1. The van der Waals surface area contributed by atoms with E-state index < -0.39 is 0 Å². The van der Waals surface area contributed by atoms with Gasteiger partial charge in [0.1, 0.15) is 17.5 Å². The van der Waals surface area contributed by atoms with Crippen LogP contribution >= 0.6 is 11.6 Å². The Labute approximate surface area is 189 Å². The van der Waals surface area contributed by atoms with E-state index >= 15 is 0 Å². The second-order valence-corrected chi connectivity index (χ2v) is 8.49. The molecule has 2 heterocycles. The van der Waals surface area contributed by atoms with Gasteiger partial charge in [0, 0.05) is 39.0 Å². The van der Waals surface area contributed by atoms with Gasteiger partial charge in [-0.05, 0) is 61.1 Å². The standard InChI is InChI=1S/C24H32ClN3O3/c1-17-18(2)22(31-13-12-30-3)6-5-20(17)16-28-10-8-21(9-11-28)27-24(29)14-19-4-7-23(25)26-15-19/h4-7,15,21H,8-14,16H2,1-3H3,(H,27,29). The zero-order valence-electron chi connectivity index (χ0n) is 18.6. The summed E-state index contributed by atoms with van der Waals surface area (Å²) in [5.41, 5.74) is 4.67. The smallest absolute Gasteiger partial charge is 0.224 e. The molecule has 6 nitrogen and oxygen atoms in total. The molecule has 1 amide bonds. The number of halogens is 1. The summed E-state index contributed by atoms with van der Waals surface area (Å²) >= 11 is 5.80. The molecule has 0 saturated carbocycles. The molecule has 2 aromatic rings. The quantitative estimate of drug-likeness (QED) is 0.471. The maximum Gasteiger partial charge on any atom is 0.224 e. The van der Waals surface area contributed by atoms with E-state index in [1.54, 1.807) is 19.4 Å². The van der Waals surface area contributed by atoms with Gasteiger partial charge in [0.2, 0.25) is 5.91 Å². The second kappa shape index (κ2) is 11.5. The second-order valence-electron chi connectivity index (χ2n) is 8.10. The lowest BCUT2D eigenvalue weighted by molar-refractivity contribution is -0.121. The molecule has 1 aliphatic rings. The van der Waals surface area contributed by atoms with Gasteiger partial charge in [0.15, 0.2) is 0 Å². The monoisotopic (exact) mass is 445 g/mol. The summed E-state index contributed by atoms with van der Waals surface area (Å²) in [6, 6.07) is 8.01. The number of hydrogen-bond acceptors (Lipinski definition) is 5. The van der Waals surface area contributed by atoms with E-state index in [1.165, 1.54) is 16.7 Å². The lowest BCUT2D eigenvalue weighted by Crippen LogP contribution is -2.44. The van der Waals surface area contributed by atoms with Crippen molar-refractivity contribution in [3.8, 4) is 5.75 Å². The van der Waals surface area contributed by atoms with Gasteiger partial charge in [0.05, 0.1) is 13.0 Å². The fraction of sp³-hybridized carbons (Fsp3) is 0.500. The molecule has 1 saturated heterocycles. The highest BCUT2D eigenvalue weighted by molar-refractivity contribution is 6.29. The molecule has 0 radical (unpaired) electrons. The number of pyridine rings is 1. The zero-order valence-corrected chi connectivity index (χ0v) is 19.4. The SMILES string of the molecule is COCCOc1ccc(CN2CCC(NC(=O)Cc3ccc(Cl)nc3)CC2)c(C)c1C. The van der Waals surface area contributed by atoms with Gasteiger partial charge < -0.3 is 14.8 Å². The number of hydrogen-bond donors (Lipinski definition) is 1. The first-order valence-corrected chi connectivity index (χ1v) is 11.2. The molecule has 0 aliphatic carbocycles. The number of nitrogens with one attached hydrogen (secondary N) is 1. The van der Waals surface area contributed by atoms with Crippen molar-refractivity contribution < 1.29 is 14.3 Å². The molecule has 1 aromatic heterocycles. The highest BCUT2D eigenvalue weighted by Gasteiger charge is 2.21. The van der Waals surface area contributed by atoms with Crippen LogP contribution in [-0.2, 0) is 22.5 Å². The molecule has 0 atom stereocenters. The third kappa shape index (κ3) is 6.92. The Morgan fingerprint density at radius 3 is 2.61 bits per heavy atom. The summed E-state index contributed by atoms with van der Waals surface area (Å²) in [5.74, 6) is 0.966. The number of amides is 1. The van der Waals surface area contributed by atoms with Gasteiger partial charge in [-0.15, -0.1) is 0 Å². The van der Waals surface area contributed by atoms with E-state index in [0.717, 1.165) is 43.8 Å². The maximum atomic E-state index is 12.3. The molecule has 31 heavy (non-hydrogen) atoms. The van der Waals surface area contributed by atoms with E-state index in [9.17, 15) is 4.79 Å². The predicted octanol–water partition coefficient (Wildman–Crippen LogP) is 3.70. The van der Waals surface area contributed by atoms with Gasteiger partial charge in [0.25, 0.3) is 0 Å². The zero-order chi connectivity index (χ0) is 22.2. The van der Waals surface area contributed by atoms with E-state index in [2.05, 4.69) is 41.2 Å². The summed E-state index contributed by atoms with van der Waals surface area (Å²) in [5, 5.41) is 3.61. The first-order chi connectivity index (χ1) is 15.0. The van der Waals surface area contributed by atoms with Crippen LogP contribution in [0.4, 0.5) is 0 Å². The average molecular weight is 446 g/mol. The molecule has 1 aromatic carbocycles. The van der Waals surface area contributed by atoms with Gasteiger partial charge in [-0.25, -0.2) is 4.98 Å². The Morgan fingerprint density at radius 1 is 1.16 bits per heavy atom. The van der Waals surface area contributed by atoms with Crippen molar-refractivity contribution in [3.05, 3.63) is 57.9 Å². The Bertz CT molecular complexity index is 865. The van der Waals surface area contributed by atoms with Crippen LogP contribution < -0.4 is 10.1 Å². The van der Waals surface area contributed by atoms with Crippen LogP contribution in [0.1, 0.15) is 35.1 Å². The molecular formula is C24H32ClN3O3. The fourth-order valence-corrected chi connectivity index (χ4v) is 3.98. The number of methoxy groups -OCH3 is 1. The van der Waals surface area contributed by atoms with E-state index in [1.807, 2.05) is 6.07 Å². The van der Waals surface area contributed by atoms with Crippen molar-refractivity contribution in [1.29, 1.82) is 0 Å². The molecule has 1 fully saturated rings. The number of likely N-dealkylation sites (tertiary alicyclic amines) is 1. The minimum absolute atomic E-state index is 0.0399. The van der Waals surface area contributed by atoms with Gasteiger partial charge in [-0.1, -0.05) is 23.7 Å². The van der Waals surface area contributed by atoms with Crippen molar-refractivity contribution >= 4 is 17.5 Å². The van der Waals surface area contributed by atoms with Crippen LogP contribution in [0.5, 0.6) is 5.75 Å². The van der Waals surface area contributed by atoms with Crippen LogP contribution in [0.15, 0.2) is 30.5 Å². The number of piperidine rings is 1. The van der Waals surface area contributed by atoms with E-state index in [0.29, 0.717) is 24.8 Å². The van der Waals surface area contributed by atoms with E-state index in [-0.39, 0.29) is 11.9 Å². The van der Waals surface area contributed by atoms with Crippen molar-refractivity contribution in [3.63, 3.8) is 0 Å². The molecule has 0 unspecified atom stereocenters. The third-order valence-electron chi connectivity index (χ3n) is 5.89. The first kappa shape index (κ1) is 23.5. The number of carbonyl (C=O) groups excluding carboxylic acids is 1. The Morgan fingerprint density at radius 2 is 1.94 bits per heavy atom.